The van der Waals surface area contributed by atoms with E-state index in [-0.39, 0.29) is 0 Å². The Bertz CT molecular complexity index is 1140. The summed E-state index contributed by atoms with van der Waals surface area (Å²) in [5.74, 6) is -2.82. The number of aliphatic carboxylic acids is 2. The van der Waals surface area contributed by atoms with Crippen LogP contribution in [0.4, 0.5) is 0 Å². The highest BCUT2D eigenvalue weighted by molar-refractivity contribution is 6.27. The van der Waals surface area contributed by atoms with Gasteiger partial charge in [-0.05, 0) is 61.0 Å². The van der Waals surface area contributed by atoms with Crippen molar-refractivity contribution in [2.24, 2.45) is 5.16 Å². The first-order valence-electron chi connectivity index (χ1n) is 11.5. The number of carboxylic acids is 2. The molecule has 0 atom stereocenters. The number of piperidine rings is 1. The summed E-state index contributed by atoms with van der Waals surface area (Å²) in [7, 11) is 1.68. The lowest BCUT2D eigenvalue weighted by Crippen LogP contribution is -2.32. The third-order valence-corrected chi connectivity index (χ3v) is 5.69. The molecule has 0 bridgehead atoms. The Hall–Kier alpha value is -3.91. The molecule has 3 aromatic carbocycles. The van der Waals surface area contributed by atoms with Crippen LogP contribution >= 0.6 is 0 Å². The Morgan fingerprint density at radius 3 is 2.20 bits per heavy atom. The van der Waals surface area contributed by atoms with Crippen molar-refractivity contribution in [2.45, 2.75) is 19.3 Å². The second kappa shape index (κ2) is 13.1. The summed E-state index contributed by atoms with van der Waals surface area (Å²) in [6.45, 7) is 3.86. The fraction of sp³-hybridized carbons (Fsp3) is 0.296. The SMILES string of the molecule is COc1ccc(C(=NOCCN2CCCCC2)c2cccc3ccccc23)cc1.O=C(O)C(=O)O. The number of carbonyl (C=O) groups is 2. The van der Waals surface area contributed by atoms with E-state index in [0.717, 1.165) is 29.1 Å². The highest BCUT2D eigenvalue weighted by Gasteiger charge is 2.13. The third kappa shape index (κ3) is 7.55. The van der Waals surface area contributed by atoms with Crippen LogP contribution in [0.5, 0.6) is 5.75 Å². The summed E-state index contributed by atoms with van der Waals surface area (Å²) in [6, 6.07) is 22.7. The lowest BCUT2D eigenvalue weighted by atomic mass is 9.96. The second-order valence-corrected chi connectivity index (χ2v) is 8.04. The molecule has 0 amide bonds. The first kappa shape index (κ1) is 25.7. The van der Waals surface area contributed by atoms with E-state index in [4.69, 9.17) is 29.4 Å². The van der Waals surface area contributed by atoms with Gasteiger partial charge in [-0.1, -0.05) is 54.0 Å². The number of methoxy groups -OCH3 is 1. The van der Waals surface area contributed by atoms with E-state index in [1.807, 2.05) is 24.3 Å². The molecule has 0 unspecified atom stereocenters. The molecule has 3 aromatic rings. The average molecular weight is 479 g/mol. The molecule has 8 nitrogen and oxygen atoms in total. The van der Waals surface area contributed by atoms with E-state index in [9.17, 15) is 0 Å². The number of benzene rings is 3. The highest BCUT2D eigenvalue weighted by atomic mass is 16.6. The van der Waals surface area contributed by atoms with Crippen molar-refractivity contribution in [3.05, 3.63) is 77.9 Å². The Kier molecular flexibility index (Phi) is 9.62. The van der Waals surface area contributed by atoms with Crippen molar-refractivity contribution in [1.29, 1.82) is 0 Å². The number of hydrogen-bond donors (Lipinski definition) is 2. The van der Waals surface area contributed by atoms with Crippen molar-refractivity contribution < 1.29 is 29.4 Å². The lowest BCUT2D eigenvalue weighted by Gasteiger charge is -2.25. The zero-order valence-electron chi connectivity index (χ0n) is 19.7. The number of carboxylic acid groups (broad SMARTS) is 2. The van der Waals surface area contributed by atoms with E-state index in [0.29, 0.717) is 6.61 Å². The predicted octanol–water partition coefficient (Wildman–Crippen LogP) is 4.26. The van der Waals surface area contributed by atoms with E-state index in [1.165, 1.54) is 43.1 Å². The van der Waals surface area contributed by atoms with Crippen LogP contribution in [-0.4, -0.2) is 66.1 Å². The summed E-state index contributed by atoms with van der Waals surface area (Å²) in [4.78, 5) is 26.5. The summed E-state index contributed by atoms with van der Waals surface area (Å²) in [5.41, 5.74) is 2.94. The summed E-state index contributed by atoms with van der Waals surface area (Å²) in [6.07, 6.45) is 3.92. The van der Waals surface area contributed by atoms with Gasteiger partial charge in [-0.15, -0.1) is 0 Å². The smallest absolute Gasteiger partial charge is 0.414 e. The first-order chi connectivity index (χ1) is 17.0. The maximum absolute atomic E-state index is 9.10. The largest absolute Gasteiger partial charge is 0.497 e. The molecular weight excluding hydrogens is 448 g/mol. The Labute approximate surface area is 204 Å². The van der Waals surface area contributed by atoms with E-state index >= 15 is 0 Å². The van der Waals surface area contributed by atoms with Gasteiger partial charge in [0, 0.05) is 17.7 Å². The molecule has 0 radical (unpaired) electrons. The van der Waals surface area contributed by atoms with Crippen LogP contribution in [0, 0.1) is 0 Å². The Morgan fingerprint density at radius 2 is 1.54 bits per heavy atom. The monoisotopic (exact) mass is 478 g/mol. The van der Waals surface area contributed by atoms with Crippen LogP contribution < -0.4 is 4.74 Å². The van der Waals surface area contributed by atoms with Crippen molar-refractivity contribution in [3.63, 3.8) is 0 Å². The van der Waals surface area contributed by atoms with Crippen molar-refractivity contribution in [1.82, 2.24) is 4.90 Å². The summed E-state index contributed by atoms with van der Waals surface area (Å²) < 4.78 is 5.31. The van der Waals surface area contributed by atoms with Crippen molar-refractivity contribution in [2.75, 3.05) is 33.4 Å². The molecule has 35 heavy (non-hydrogen) atoms. The topological polar surface area (TPSA) is 109 Å². The van der Waals surface area contributed by atoms with Gasteiger partial charge in [0.15, 0.2) is 0 Å². The molecule has 1 aliphatic heterocycles. The van der Waals surface area contributed by atoms with Gasteiger partial charge >= 0.3 is 11.9 Å². The molecule has 1 heterocycles. The normalized spacial score (nSPS) is 14.0. The number of likely N-dealkylation sites (tertiary alicyclic amines) is 1. The van der Waals surface area contributed by atoms with E-state index < -0.39 is 11.9 Å². The van der Waals surface area contributed by atoms with Crippen LogP contribution in [0.3, 0.4) is 0 Å². The van der Waals surface area contributed by atoms with Gasteiger partial charge in [-0.25, -0.2) is 9.59 Å². The molecule has 184 valence electrons. The molecule has 1 saturated heterocycles. The predicted molar refractivity (Wildman–Crippen MR) is 134 cm³/mol. The van der Waals surface area contributed by atoms with Crippen molar-refractivity contribution in [3.8, 4) is 5.75 Å². The molecule has 0 spiro atoms. The molecule has 0 aliphatic carbocycles. The second-order valence-electron chi connectivity index (χ2n) is 8.04. The van der Waals surface area contributed by atoms with Crippen LogP contribution in [-0.2, 0) is 14.4 Å². The minimum absolute atomic E-state index is 0.602. The molecule has 4 rings (SSSR count). The van der Waals surface area contributed by atoms with Gasteiger partial charge in [0.05, 0.1) is 7.11 Å². The van der Waals surface area contributed by atoms with Crippen LogP contribution in [0.25, 0.3) is 10.8 Å². The van der Waals surface area contributed by atoms with Crippen LogP contribution in [0.15, 0.2) is 71.9 Å². The quantitative estimate of drug-likeness (QED) is 0.226. The number of ether oxygens (including phenoxy) is 1. The zero-order chi connectivity index (χ0) is 25.0. The number of hydrogen-bond acceptors (Lipinski definition) is 6. The number of rotatable bonds is 7. The van der Waals surface area contributed by atoms with Gasteiger partial charge in [0.2, 0.25) is 0 Å². The van der Waals surface area contributed by atoms with E-state index in [2.05, 4.69) is 52.5 Å². The Balaban J connectivity index is 0.000000509. The molecule has 2 N–H and O–H groups in total. The van der Waals surface area contributed by atoms with Gasteiger partial charge in [0.1, 0.15) is 18.1 Å². The molecule has 8 heteroatoms. The van der Waals surface area contributed by atoms with E-state index in [1.54, 1.807) is 7.11 Å². The third-order valence-electron chi connectivity index (χ3n) is 5.69. The molecular formula is C27H30N2O6. The van der Waals surface area contributed by atoms with Gasteiger partial charge in [-0.2, -0.15) is 0 Å². The van der Waals surface area contributed by atoms with Crippen LogP contribution in [0.2, 0.25) is 0 Å². The Morgan fingerprint density at radius 1 is 0.886 bits per heavy atom. The average Bonchev–Trinajstić information content (AvgIpc) is 2.89. The maximum atomic E-state index is 9.10. The zero-order valence-corrected chi connectivity index (χ0v) is 19.7. The minimum Gasteiger partial charge on any atom is -0.497 e. The van der Waals surface area contributed by atoms with Crippen LogP contribution in [0.1, 0.15) is 30.4 Å². The molecule has 0 aromatic heterocycles. The van der Waals surface area contributed by atoms with Gasteiger partial charge < -0.3 is 19.8 Å². The maximum Gasteiger partial charge on any atom is 0.414 e. The minimum atomic E-state index is -1.82. The fourth-order valence-electron chi connectivity index (χ4n) is 3.90. The fourth-order valence-corrected chi connectivity index (χ4v) is 3.90. The molecule has 1 aliphatic rings. The molecule has 1 fully saturated rings. The standard InChI is InChI=1S/C25H28N2O2.C2H2O4/c1-28-22-14-12-21(13-15-22)25(26-29-19-18-27-16-5-2-6-17-27)24-11-7-9-20-8-3-4-10-23(20)24;3-1(4)2(5)6/h3-4,7-15H,2,5-6,16-19H2,1H3;(H,3,4)(H,5,6). The van der Waals surface area contributed by atoms with Gasteiger partial charge in [0.25, 0.3) is 0 Å². The number of fused-ring (bicyclic) bond motifs is 1. The van der Waals surface area contributed by atoms with Gasteiger partial charge in [-0.3, -0.25) is 4.90 Å². The number of oxime groups is 1. The number of nitrogens with zero attached hydrogens (tertiary/aromatic N) is 2. The lowest BCUT2D eigenvalue weighted by molar-refractivity contribution is -0.159. The summed E-state index contributed by atoms with van der Waals surface area (Å²) in [5, 5.41) is 21.8. The first-order valence-corrected chi connectivity index (χ1v) is 11.5. The molecule has 0 saturated carbocycles. The highest BCUT2D eigenvalue weighted by Crippen LogP contribution is 2.23. The van der Waals surface area contributed by atoms with Crippen molar-refractivity contribution >= 4 is 28.4 Å². The summed E-state index contributed by atoms with van der Waals surface area (Å²) >= 11 is 0.